The first kappa shape index (κ1) is 26.9. The third kappa shape index (κ3) is 6.49. The molecule has 9 nitrogen and oxygen atoms in total. The highest BCUT2D eigenvalue weighted by Gasteiger charge is 2.20. The molecule has 0 bridgehead atoms. The van der Waals surface area contributed by atoms with E-state index in [0.717, 1.165) is 43.4 Å². The van der Waals surface area contributed by atoms with Gasteiger partial charge in [-0.05, 0) is 67.1 Å². The van der Waals surface area contributed by atoms with Crippen LogP contribution < -0.4 is 19.7 Å². The fourth-order valence-corrected chi connectivity index (χ4v) is 6.61. The number of carbonyl (C=O) groups excluding carboxylic acids is 1. The van der Waals surface area contributed by atoms with Crippen LogP contribution in [0.15, 0.2) is 71.6 Å². The van der Waals surface area contributed by atoms with Crippen LogP contribution in [0.3, 0.4) is 0 Å². The third-order valence-electron chi connectivity index (χ3n) is 6.64. The largest absolute Gasteiger partial charge is 0.497 e. The van der Waals surface area contributed by atoms with E-state index in [1.54, 1.807) is 41.7 Å². The van der Waals surface area contributed by atoms with E-state index in [2.05, 4.69) is 45.0 Å². The summed E-state index contributed by atoms with van der Waals surface area (Å²) in [7, 11) is -2.28. The molecule has 4 aromatic rings. The molecule has 2 N–H and O–H groups in total. The zero-order valence-corrected chi connectivity index (χ0v) is 23.5. The summed E-state index contributed by atoms with van der Waals surface area (Å²) in [6.45, 7) is 6.91. The summed E-state index contributed by atoms with van der Waals surface area (Å²) in [5.41, 5.74) is 3.00. The lowest BCUT2D eigenvalue weighted by Crippen LogP contribution is -2.48. The molecule has 5 rings (SSSR count). The number of ether oxygens (including phenoxy) is 1. The van der Waals surface area contributed by atoms with Gasteiger partial charge in [-0.3, -0.25) is 14.4 Å². The van der Waals surface area contributed by atoms with Gasteiger partial charge in [0.1, 0.15) is 5.75 Å². The number of nitrogens with one attached hydrogen (secondary N) is 2. The fraction of sp³-hybridized carbons (Fsp3) is 0.286. The standard InChI is InChI=1S/C28H31N5O4S2/c1-20-6-11-25-26(18-20)38-28(30-25)33-16-14-32(15-17-33)13-12-29-27(34)21-4-3-5-22(19-21)31-39(35,36)24-9-7-23(37-2)8-10-24/h3-11,18-19,31H,12-17H2,1-2H3,(H,29,34). The van der Waals surface area contributed by atoms with Gasteiger partial charge >= 0.3 is 0 Å². The van der Waals surface area contributed by atoms with Crippen molar-refractivity contribution in [3.05, 3.63) is 77.9 Å². The first-order chi connectivity index (χ1) is 18.8. The van der Waals surface area contributed by atoms with Crippen molar-refractivity contribution in [3.8, 4) is 5.75 Å². The van der Waals surface area contributed by atoms with E-state index in [4.69, 9.17) is 9.72 Å². The van der Waals surface area contributed by atoms with E-state index < -0.39 is 10.0 Å². The van der Waals surface area contributed by atoms with Gasteiger partial charge in [0, 0.05) is 50.5 Å². The Balaban J connectivity index is 1.10. The van der Waals surface area contributed by atoms with Crippen LogP contribution in [0, 0.1) is 6.92 Å². The van der Waals surface area contributed by atoms with Gasteiger partial charge in [-0.25, -0.2) is 13.4 Å². The van der Waals surface area contributed by atoms with Gasteiger partial charge in [-0.2, -0.15) is 0 Å². The summed E-state index contributed by atoms with van der Waals surface area (Å²) < 4.78 is 34.3. The Morgan fingerprint density at radius 3 is 2.54 bits per heavy atom. The van der Waals surface area contributed by atoms with E-state index in [1.807, 2.05) is 0 Å². The number of fused-ring (bicyclic) bond motifs is 1. The summed E-state index contributed by atoms with van der Waals surface area (Å²) in [4.78, 5) is 22.3. The van der Waals surface area contributed by atoms with Gasteiger partial charge in [0.15, 0.2) is 5.13 Å². The smallest absolute Gasteiger partial charge is 0.261 e. The second-order valence-corrected chi connectivity index (χ2v) is 12.1. The lowest BCUT2D eigenvalue weighted by Gasteiger charge is -2.34. The molecule has 1 aromatic heterocycles. The molecule has 0 unspecified atom stereocenters. The molecule has 0 aliphatic carbocycles. The maximum absolute atomic E-state index is 12.8. The van der Waals surface area contributed by atoms with E-state index in [1.165, 1.54) is 35.6 Å². The topological polar surface area (TPSA) is 104 Å². The quantitative estimate of drug-likeness (QED) is 0.317. The molecule has 0 spiro atoms. The van der Waals surface area contributed by atoms with Crippen molar-refractivity contribution in [2.75, 3.05) is 56.0 Å². The number of anilines is 2. The fourth-order valence-electron chi connectivity index (χ4n) is 4.44. The number of benzene rings is 3. The zero-order valence-electron chi connectivity index (χ0n) is 21.9. The van der Waals surface area contributed by atoms with Gasteiger partial charge in [-0.1, -0.05) is 23.5 Å². The molecule has 11 heteroatoms. The van der Waals surface area contributed by atoms with E-state index in [-0.39, 0.29) is 10.8 Å². The first-order valence-corrected chi connectivity index (χ1v) is 15.0. The highest BCUT2D eigenvalue weighted by atomic mass is 32.2. The van der Waals surface area contributed by atoms with Crippen molar-refractivity contribution >= 4 is 48.3 Å². The molecule has 3 aromatic carbocycles. The SMILES string of the molecule is COc1ccc(S(=O)(=O)Nc2cccc(C(=O)NCCN3CCN(c4nc5ccc(C)cc5s4)CC3)c2)cc1. The number of piperazine rings is 1. The van der Waals surface area contributed by atoms with Crippen LogP contribution in [-0.4, -0.2) is 70.6 Å². The summed E-state index contributed by atoms with van der Waals surface area (Å²) >= 11 is 1.73. The van der Waals surface area contributed by atoms with Gasteiger partial charge < -0.3 is 15.0 Å². The molecule has 0 radical (unpaired) electrons. The highest BCUT2D eigenvalue weighted by molar-refractivity contribution is 7.92. The molecule has 0 atom stereocenters. The van der Waals surface area contributed by atoms with Crippen molar-refractivity contribution in [1.29, 1.82) is 0 Å². The molecule has 1 fully saturated rings. The van der Waals surface area contributed by atoms with Crippen LogP contribution in [0.4, 0.5) is 10.8 Å². The van der Waals surface area contributed by atoms with Gasteiger partial charge in [0.25, 0.3) is 15.9 Å². The number of thiazole rings is 1. The second-order valence-electron chi connectivity index (χ2n) is 9.41. The molecule has 2 heterocycles. The number of amides is 1. The summed E-state index contributed by atoms with van der Waals surface area (Å²) in [5.74, 6) is 0.321. The minimum atomic E-state index is -3.80. The Kier molecular flexibility index (Phi) is 8.01. The molecule has 1 saturated heterocycles. The van der Waals surface area contributed by atoms with Crippen LogP contribution >= 0.6 is 11.3 Å². The number of methoxy groups -OCH3 is 1. The second kappa shape index (κ2) is 11.6. The van der Waals surface area contributed by atoms with Crippen molar-refractivity contribution in [2.24, 2.45) is 0 Å². The minimum Gasteiger partial charge on any atom is -0.497 e. The number of carbonyl (C=O) groups is 1. The maximum atomic E-state index is 12.8. The van der Waals surface area contributed by atoms with Crippen molar-refractivity contribution in [2.45, 2.75) is 11.8 Å². The lowest BCUT2D eigenvalue weighted by molar-refractivity contribution is 0.0948. The average Bonchev–Trinajstić information content (AvgIpc) is 3.36. The number of hydrogen-bond acceptors (Lipinski definition) is 8. The summed E-state index contributed by atoms with van der Waals surface area (Å²) in [6, 6.07) is 18.9. The Hall–Kier alpha value is -3.67. The average molecular weight is 566 g/mol. The van der Waals surface area contributed by atoms with E-state index in [0.29, 0.717) is 23.5 Å². The number of rotatable bonds is 9. The molecular formula is C28H31N5O4S2. The predicted octanol–water partition coefficient (Wildman–Crippen LogP) is 3.97. The Morgan fingerprint density at radius 2 is 1.79 bits per heavy atom. The number of aryl methyl sites for hydroxylation is 1. The van der Waals surface area contributed by atoms with Crippen molar-refractivity contribution in [3.63, 3.8) is 0 Å². The number of nitrogens with zero attached hydrogens (tertiary/aromatic N) is 3. The number of aromatic nitrogens is 1. The van der Waals surface area contributed by atoms with Gasteiger partial charge in [0.2, 0.25) is 0 Å². The molecule has 0 saturated carbocycles. The molecule has 39 heavy (non-hydrogen) atoms. The van der Waals surface area contributed by atoms with Gasteiger partial charge in [0.05, 0.1) is 22.2 Å². The Morgan fingerprint density at radius 1 is 1.03 bits per heavy atom. The van der Waals surface area contributed by atoms with Crippen molar-refractivity contribution < 1.29 is 17.9 Å². The van der Waals surface area contributed by atoms with Crippen LogP contribution in [0.1, 0.15) is 15.9 Å². The van der Waals surface area contributed by atoms with Crippen LogP contribution in [0.5, 0.6) is 5.75 Å². The maximum Gasteiger partial charge on any atom is 0.261 e. The van der Waals surface area contributed by atoms with Crippen LogP contribution in [-0.2, 0) is 10.0 Å². The molecule has 204 valence electrons. The number of hydrogen-bond donors (Lipinski definition) is 2. The first-order valence-electron chi connectivity index (χ1n) is 12.7. The predicted molar refractivity (Wildman–Crippen MR) is 156 cm³/mol. The van der Waals surface area contributed by atoms with Crippen LogP contribution in [0.2, 0.25) is 0 Å². The normalized spacial score (nSPS) is 14.4. The zero-order chi connectivity index (χ0) is 27.4. The lowest BCUT2D eigenvalue weighted by atomic mass is 10.2. The molecule has 1 aliphatic heterocycles. The molecule has 1 aliphatic rings. The minimum absolute atomic E-state index is 0.108. The molecule has 1 amide bonds. The van der Waals surface area contributed by atoms with E-state index in [9.17, 15) is 13.2 Å². The van der Waals surface area contributed by atoms with Crippen molar-refractivity contribution in [1.82, 2.24) is 15.2 Å². The Bertz CT molecular complexity index is 1560. The summed E-state index contributed by atoms with van der Waals surface area (Å²) in [5, 5.41) is 4.01. The summed E-state index contributed by atoms with van der Waals surface area (Å²) in [6.07, 6.45) is 0. The van der Waals surface area contributed by atoms with Crippen LogP contribution in [0.25, 0.3) is 10.2 Å². The molecular weight excluding hydrogens is 534 g/mol. The third-order valence-corrected chi connectivity index (χ3v) is 9.11. The van der Waals surface area contributed by atoms with E-state index >= 15 is 0 Å². The monoisotopic (exact) mass is 565 g/mol. The Labute approximate surface area is 232 Å². The highest BCUT2D eigenvalue weighted by Crippen LogP contribution is 2.30. The van der Waals surface area contributed by atoms with Gasteiger partial charge in [-0.15, -0.1) is 0 Å². The number of sulfonamides is 1.